The summed E-state index contributed by atoms with van der Waals surface area (Å²) in [4.78, 5) is 17.5. The van der Waals surface area contributed by atoms with Crippen LogP contribution in [0.3, 0.4) is 0 Å². The molecule has 15 aromatic rings. The minimum Gasteiger partial charge on any atom is -1.00 e. The zero-order valence-electron chi connectivity index (χ0n) is 42.6. The Bertz CT molecular complexity index is 4630. The maximum atomic E-state index is 5.58. The number of hydrogen-bond donors (Lipinski definition) is 0. The molecule has 16 rings (SSSR count). The van der Waals surface area contributed by atoms with Crippen molar-refractivity contribution in [3.05, 3.63) is 284 Å². The van der Waals surface area contributed by atoms with E-state index >= 15 is 0 Å². The van der Waals surface area contributed by atoms with Crippen LogP contribution >= 0.6 is 11.6 Å². The second kappa shape index (κ2) is 19.4. The van der Waals surface area contributed by atoms with Crippen molar-refractivity contribution in [3.8, 4) is 50.7 Å². The lowest BCUT2D eigenvalue weighted by atomic mass is 10.0. The van der Waals surface area contributed by atoms with E-state index in [2.05, 4.69) is 218 Å². The Morgan fingerprint density at radius 3 is 1.23 bits per heavy atom. The number of nitrogens with zero attached hydrogens (tertiary/aromatic N) is 7. The number of para-hydroxylation sites is 5. The van der Waals surface area contributed by atoms with E-state index in [1.807, 2.05) is 60.9 Å². The van der Waals surface area contributed by atoms with Crippen LogP contribution in [-0.4, -0.2) is 33.6 Å². The fourth-order valence-corrected chi connectivity index (χ4v) is 11.4. The Morgan fingerprint density at radius 1 is 0.299 bits per heavy atom. The first kappa shape index (κ1) is 45.6. The average molecular weight is 1010 g/mol. The summed E-state index contributed by atoms with van der Waals surface area (Å²) in [6, 6.07) is 85.6. The molecule has 5 heterocycles. The zero-order valence-corrected chi connectivity index (χ0v) is 42.4. The summed E-state index contributed by atoms with van der Waals surface area (Å²) in [6.45, 7) is 0. The van der Waals surface area contributed by atoms with Gasteiger partial charge in [-0.2, -0.15) is 0 Å². The van der Waals surface area contributed by atoms with Crippen LogP contribution in [0, 0.1) is 0 Å². The lowest BCUT2D eigenvalue weighted by Crippen LogP contribution is -2.01. The highest BCUT2D eigenvalue weighted by Crippen LogP contribution is 2.43. The van der Waals surface area contributed by atoms with Crippen LogP contribution in [0.15, 0.2) is 267 Å². The monoisotopic (exact) mass is 1010 g/mol. The van der Waals surface area contributed by atoms with Crippen LogP contribution in [-0.2, 0) is 6.42 Å². The van der Waals surface area contributed by atoms with Crippen molar-refractivity contribution in [2.24, 2.45) is 0 Å². The van der Waals surface area contributed by atoms with Gasteiger partial charge in [-0.05, 0) is 118 Å². The van der Waals surface area contributed by atoms with Gasteiger partial charge in [0.2, 0.25) is 11.2 Å². The average Bonchev–Trinajstić information content (AvgIpc) is 4.44. The Hall–Kier alpha value is -9.95. The molecule has 0 saturated heterocycles. The van der Waals surface area contributed by atoms with E-state index in [1.54, 1.807) is 12.4 Å². The number of hydrogen-bond acceptors (Lipinski definition) is 4. The topological polar surface area (TPSA) is 66.3 Å². The molecule has 0 spiro atoms. The van der Waals surface area contributed by atoms with Crippen LogP contribution in [0.5, 0.6) is 0 Å². The van der Waals surface area contributed by atoms with Gasteiger partial charge in [-0.15, -0.1) is 0 Å². The second-order valence-electron chi connectivity index (χ2n) is 19.2. The van der Waals surface area contributed by atoms with Crippen LogP contribution < -0.4 is 0 Å². The Balaban J connectivity index is 0.000000124. The van der Waals surface area contributed by atoms with Crippen LogP contribution in [0.2, 0.25) is 5.28 Å². The molecule has 77 heavy (non-hydrogen) atoms. The van der Waals surface area contributed by atoms with Crippen molar-refractivity contribution < 1.29 is 1.43 Å². The van der Waals surface area contributed by atoms with Gasteiger partial charge in [-0.3, -0.25) is 4.57 Å². The van der Waals surface area contributed by atoms with Gasteiger partial charge in [-0.1, -0.05) is 176 Å². The standard InChI is InChI=1S/C34H22N4.C25H17N.C10H7ClN2.H/c1-3-11-23(12-4-1)24-21-35-34(36-22-24)38-31-18-10-8-16-27(31)29-19-28-26-15-7-9-17-30(26)37(32(28)20-33(29)38)25-13-5-2-6-14-25;1-2-9-19(10-3-1)26-24-13-7-6-12-21(24)23-16-22-18(15-25(23)26)14-17-8-4-5-11-20(17)22;11-10-12-6-9(7-13-10)8-4-2-1-3-5-8;/h1-22H;1-13,15-16H,14H2;1-7H;/q;;;-1. The maximum absolute atomic E-state index is 5.58. The Kier molecular flexibility index (Phi) is 11.5. The highest BCUT2D eigenvalue weighted by Gasteiger charge is 2.23. The van der Waals surface area contributed by atoms with Gasteiger partial charge >= 0.3 is 0 Å². The van der Waals surface area contributed by atoms with Crippen LogP contribution in [0.4, 0.5) is 0 Å². The predicted octanol–water partition coefficient (Wildman–Crippen LogP) is 17.6. The van der Waals surface area contributed by atoms with Gasteiger partial charge in [0.25, 0.3) is 0 Å². The molecule has 0 saturated carbocycles. The molecular weight excluding hydrogens is 962 g/mol. The zero-order chi connectivity index (χ0) is 51.2. The van der Waals surface area contributed by atoms with Crippen molar-refractivity contribution in [1.29, 1.82) is 0 Å². The molecule has 0 N–H and O–H groups in total. The van der Waals surface area contributed by atoms with Gasteiger partial charge in [-0.25, -0.2) is 19.9 Å². The van der Waals surface area contributed by atoms with Crippen molar-refractivity contribution in [3.63, 3.8) is 0 Å². The molecule has 5 aromatic heterocycles. The molecule has 0 aliphatic heterocycles. The van der Waals surface area contributed by atoms with Crippen molar-refractivity contribution in [1.82, 2.24) is 33.6 Å². The number of halogens is 1. The molecule has 0 bridgehead atoms. The number of fused-ring (bicyclic) bond motifs is 12. The van der Waals surface area contributed by atoms with E-state index < -0.39 is 0 Å². The molecule has 0 amide bonds. The van der Waals surface area contributed by atoms with Crippen molar-refractivity contribution in [2.45, 2.75) is 6.42 Å². The molecule has 1 aliphatic carbocycles. The molecule has 8 heteroatoms. The summed E-state index contributed by atoms with van der Waals surface area (Å²) in [5.41, 5.74) is 19.3. The summed E-state index contributed by atoms with van der Waals surface area (Å²) in [5, 5.41) is 7.79. The SMILES string of the molecule is Clc1ncc(-c2ccccc2)cn1.[H-].c1ccc(-c2cnc(-n3c4ccccc4c4cc5c6ccccc6n(-c6ccccc6)c5cc43)nc2)cc1.c1ccc(-n2c3ccccc3c3cc4c(cc32)Cc2ccccc2-4)cc1. The van der Waals surface area contributed by atoms with E-state index in [9.17, 15) is 0 Å². The predicted molar refractivity (Wildman–Crippen MR) is 319 cm³/mol. The molecule has 7 nitrogen and oxygen atoms in total. The van der Waals surface area contributed by atoms with Gasteiger partial charge in [0.15, 0.2) is 0 Å². The van der Waals surface area contributed by atoms with Gasteiger partial charge < -0.3 is 10.6 Å². The summed E-state index contributed by atoms with van der Waals surface area (Å²) in [5.74, 6) is 0.664. The van der Waals surface area contributed by atoms with Crippen molar-refractivity contribution in [2.75, 3.05) is 0 Å². The molecular formula is C69H47ClN7-. The molecule has 10 aromatic carbocycles. The highest BCUT2D eigenvalue weighted by molar-refractivity contribution is 6.28. The summed E-state index contributed by atoms with van der Waals surface area (Å²) < 4.78 is 6.94. The van der Waals surface area contributed by atoms with E-state index in [0.717, 1.165) is 50.9 Å². The normalized spacial score (nSPS) is 11.6. The van der Waals surface area contributed by atoms with E-state index in [4.69, 9.17) is 21.6 Å². The largest absolute Gasteiger partial charge is 1.00 e. The van der Waals surface area contributed by atoms with E-state index in [0.29, 0.717) is 5.95 Å². The Morgan fingerprint density at radius 2 is 0.701 bits per heavy atom. The maximum Gasteiger partial charge on any atom is 0.234 e. The molecule has 0 unspecified atom stereocenters. The molecule has 0 radical (unpaired) electrons. The summed E-state index contributed by atoms with van der Waals surface area (Å²) in [7, 11) is 0. The van der Waals surface area contributed by atoms with Crippen LogP contribution in [0.1, 0.15) is 12.6 Å². The van der Waals surface area contributed by atoms with E-state index in [1.165, 1.54) is 76.8 Å². The van der Waals surface area contributed by atoms with Gasteiger partial charge in [0.05, 0.1) is 33.1 Å². The summed E-state index contributed by atoms with van der Waals surface area (Å²) in [6.07, 6.45) is 8.28. The minimum absolute atomic E-state index is 0. The smallest absolute Gasteiger partial charge is 0.234 e. The number of benzene rings is 10. The first-order valence-corrected chi connectivity index (χ1v) is 26.1. The quantitative estimate of drug-likeness (QED) is 0.161. The highest BCUT2D eigenvalue weighted by atomic mass is 35.5. The summed E-state index contributed by atoms with van der Waals surface area (Å²) >= 11 is 5.58. The third-order valence-electron chi connectivity index (χ3n) is 14.8. The minimum atomic E-state index is 0. The third kappa shape index (κ3) is 8.18. The molecule has 0 fully saturated rings. The first-order valence-electron chi connectivity index (χ1n) is 25.8. The van der Waals surface area contributed by atoms with Gasteiger partial charge in [0.1, 0.15) is 0 Å². The van der Waals surface area contributed by atoms with E-state index in [-0.39, 0.29) is 6.71 Å². The van der Waals surface area contributed by atoms with Crippen LogP contribution in [0.25, 0.3) is 116 Å². The number of rotatable bonds is 5. The lowest BCUT2D eigenvalue weighted by Gasteiger charge is -2.09. The fraction of sp³-hybridized carbons (Fsp3) is 0.0145. The molecule has 0 atom stereocenters. The lowest BCUT2D eigenvalue weighted by molar-refractivity contribution is 0.990. The Labute approximate surface area is 450 Å². The molecule has 366 valence electrons. The molecule has 1 aliphatic rings. The first-order chi connectivity index (χ1) is 38.1. The number of aromatic nitrogens is 7. The van der Waals surface area contributed by atoms with Crippen molar-refractivity contribution >= 4 is 77.0 Å². The fourth-order valence-electron chi connectivity index (χ4n) is 11.3. The second-order valence-corrected chi connectivity index (χ2v) is 19.6. The van der Waals surface area contributed by atoms with Gasteiger partial charge in [0, 0.05) is 79.6 Å². The third-order valence-corrected chi connectivity index (χ3v) is 14.9.